The molecule has 0 saturated heterocycles. The smallest absolute Gasteiger partial charge is 0.318 e. The molecule has 2 atom stereocenters. The van der Waals surface area contributed by atoms with Crippen molar-refractivity contribution in [1.29, 1.82) is 0 Å². The summed E-state index contributed by atoms with van der Waals surface area (Å²) in [6, 6.07) is 0. The zero-order valence-electron chi connectivity index (χ0n) is 10.0. The van der Waals surface area contributed by atoms with E-state index in [1.54, 1.807) is 0 Å². The summed E-state index contributed by atoms with van der Waals surface area (Å²) in [5.41, 5.74) is 0. The van der Waals surface area contributed by atoms with E-state index in [-0.39, 0.29) is 24.0 Å². The molecule has 0 spiro atoms. The van der Waals surface area contributed by atoms with Crippen LogP contribution in [-0.4, -0.2) is 27.9 Å². The minimum absolute atomic E-state index is 0.00935. The van der Waals surface area contributed by atoms with Crippen LogP contribution in [0.5, 0.6) is 0 Å². The first-order valence-corrected chi connectivity index (χ1v) is 5.82. The van der Waals surface area contributed by atoms with E-state index in [4.69, 9.17) is 10.2 Å². The van der Waals surface area contributed by atoms with E-state index in [9.17, 15) is 14.4 Å². The lowest BCUT2D eigenvalue weighted by atomic mass is 9.68. The van der Waals surface area contributed by atoms with Crippen LogP contribution in [0.15, 0.2) is 0 Å². The minimum Gasteiger partial charge on any atom is -0.481 e. The third kappa shape index (κ3) is 3.05. The maximum atomic E-state index is 11.4. The van der Waals surface area contributed by atoms with Crippen molar-refractivity contribution in [3.05, 3.63) is 0 Å². The van der Waals surface area contributed by atoms with Gasteiger partial charge in [-0.25, -0.2) is 0 Å². The van der Waals surface area contributed by atoms with E-state index in [0.29, 0.717) is 12.8 Å². The Balaban J connectivity index is 2.98. The molecule has 1 fully saturated rings. The van der Waals surface area contributed by atoms with E-state index in [0.717, 1.165) is 0 Å². The summed E-state index contributed by atoms with van der Waals surface area (Å²) in [6.45, 7) is 3.88. The number of carboxylic acids is 2. The molecule has 1 saturated carbocycles. The largest absolute Gasteiger partial charge is 0.481 e. The number of ketones is 1. The Bertz CT molecular complexity index is 320. The fourth-order valence-electron chi connectivity index (χ4n) is 2.72. The number of carbonyl (C=O) groups is 3. The molecular formula is C12H18O5. The van der Waals surface area contributed by atoms with E-state index >= 15 is 0 Å². The molecule has 5 nitrogen and oxygen atoms in total. The normalized spacial score (nSPS) is 25.3. The zero-order chi connectivity index (χ0) is 13.2. The van der Waals surface area contributed by atoms with Crippen LogP contribution in [0.3, 0.4) is 0 Å². The molecule has 2 unspecified atom stereocenters. The van der Waals surface area contributed by atoms with Gasteiger partial charge in [0, 0.05) is 12.8 Å². The average molecular weight is 242 g/mol. The molecule has 0 aliphatic heterocycles. The topological polar surface area (TPSA) is 91.7 Å². The molecule has 1 aliphatic carbocycles. The Hall–Kier alpha value is -1.39. The van der Waals surface area contributed by atoms with Crippen molar-refractivity contribution in [3.8, 4) is 0 Å². The molecule has 0 aromatic rings. The van der Waals surface area contributed by atoms with Crippen LogP contribution in [0.2, 0.25) is 0 Å². The zero-order valence-corrected chi connectivity index (χ0v) is 10.0. The van der Waals surface area contributed by atoms with Gasteiger partial charge in [0.15, 0.2) is 5.92 Å². The molecule has 0 bridgehead atoms. The van der Waals surface area contributed by atoms with Gasteiger partial charge in [0.05, 0.1) is 0 Å². The van der Waals surface area contributed by atoms with Crippen LogP contribution >= 0.6 is 0 Å². The first-order valence-electron chi connectivity index (χ1n) is 5.82. The third-order valence-electron chi connectivity index (χ3n) is 3.59. The highest BCUT2D eigenvalue weighted by atomic mass is 16.4. The Kier molecular flexibility index (Phi) is 4.26. The van der Waals surface area contributed by atoms with E-state index in [2.05, 4.69) is 0 Å². The SMILES string of the molecule is CC(C)C1CCC(=O)CC1C(C(=O)O)C(=O)O. The van der Waals surface area contributed by atoms with Gasteiger partial charge in [0.2, 0.25) is 0 Å². The van der Waals surface area contributed by atoms with Gasteiger partial charge >= 0.3 is 11.9 Å². The van der Waals surface area contributed by atoms with Crippen molar-refractivity contribution in [2.24, 2.45) is 23.7 Å². The number of hydrogen-bond donors (Lipinski definition) is 2. The first kappa shape index (κ1) is 13.7. The highest BCUT2D eigenvalue weighted by molar-refractivity contribution is 5.94. The maximum Gasteiger partial charge on any atom is 0.318 e. The van der Waals surface area contributed by atoms with Crippen LogP contribution in [0.1, 0.15) is 33.1 Å². The predicted octanol–water partition coefficient (Wildman–Crippen LogP) is 1.41. The highest BCUT2D eigenvalue weighted by Crippen LogP contribution is 2.38. The predicted molar refractivity (Wildman–Crippen MR) is 59.4 cm³/mol. The lowest BCUT2D eigenvalue weighted by Gasteiger charge is -2.35. The maximum absolute atomic E-state index is 11.4. The number of carboxylic acid groups (broad SMARTS) is 2. The standard InChI is InChI=1S/C12H18O5/c1-6(2)8-4-3-7(13)5-9(8)10(11(14)15)12(16)17/h6,8-10H,3-5H2,1-2H3,(H,14,15)(H,16,17). The quantitative estimate of drug-likeness (QED) is 0.727. The number of hydrogen-bond acceptors (Lipinski definition) is 3. The molecular weight excluding hydrogens is 224 g/mol. The van der Waals surface area contributed by atoms with Crippen molar-refractivity contribution in [3.63, 3.8) is 0 Å². The Labute approximate surface area is 99.8 Å². The first-order chi connectivity index (χ1) is 7.84. The fourth-order valence-corrected chi connectivity index (χ4v) is 2.72. The molecule has 1 aliphatic rings. The van der Waals surface area contributed by atoms with Gasteiger partial charge in [-0.1, -0.05) is 13.8 Å². The summed E-state index contributed by atoms with van der Waals surface area (Å²) in [5.74, 6) is -4.58. The molecule has 96 valence electrons. The van der Waals surface area contributed by atoms with Crippen LogP contribution < -0.4 is 0 Å². The summed E-state index contributed by atoms with van der Waals surface area (Å²) in [6.07, 6.45) is 1.11. The van der Waals surface area contributed by atoms with E-state index in [1.807, 2.05) is 13.8 Å². The lowest BCUT2D eigenvalue weighted by Crippen LogP contribution is -2.41. The van der Waals surface area contributed by atoms with E-state index < -0.39 is 23.8 Å². The molecule has 5 heteroatoms. The van der Waals surface area contributed by atoms with Crippen molar-refractivity contribution in [2.45, 2.75) is 33.1 Å². The summed E-state index contributed by atoms with van der Waals surface area (Å²) < 4.78 is 0. The number of Topliss-reactive ketones (excluding diaryl/α,β-unsaturated/α-hetero) is 1. The van der Waals surface area contributed by atoms with Crippen LogP contribution in [0, 0.1) is 23.7 Å². The molecule has 2 N–H and O–H groups in total. The second kappa shape index (κ2) is 5.29. The fraction of sp³-hybridized carbons (Fsp3) is 0.750. The van der Waals surface area contributed by atoms with Gasteiger partial charge in [-0.2, -0.15) is 0 Å². The molecule has 0 aromatic carbocycles. The van der Waals surface area contributed by atoms with Crippen LogP contribution in [0.25, 0.3) is 0 Å². The minimum atomic E-state index is -1.47. The van der Waals surface area contributed by atoms with Crippen LogP contribution in [-0.2, 0) is 14.4 Å². The summed E-state index contributed by atoms with van der Waals surface area (Å²) in [5, 5.41) is 18.0. The lowest BCUT2D eigenvalue weighted by molar-refractivity contribution is -0.159. The number of aliphatic carboxylic acids is 2. The molecule has 0 aromatic heterocycles. The summed E-state index contributed by atoms with van der Waals surface area (Å²) in [4.78, 5) is 33.5. The van der Waals surface area contributed by atoms with Gasteiger partial charge in [0.1, 0.15) is 5.78 Å². The Morgan fingerprint density at radius 3 is 2.12 bits per heavy atom. The molecule has 0 radical (unpaired) electrons. The van der Waals surface area contributed by atoms with Gasteiger partial charge in [-0.15, -0.1) is 0 Å². The van der Waals surface area contributed by atoms with Crippen molar-refractivity contribution >= 4 is 17.7 Å². The number of carbonyl (C=O) groups excluding carboxylic acids is 1. The molecule has 17 heavy (non-hydrogen) atoms. The van der Waals surface area contributed by atoms with Gasteiger partial charge < -0.3 is 10.2 Å². The number of rotatable bonds is 4. The third-order valence-corrected chi connectivity index (χ3v) is 3.59. The summed E-state index contributed by atoms with van der Waals surface area (Å²) in [7, 11) is 0. The average Bonchev–Trinajstić information content (AvgIpc) is 2.15. The molecule has 0 heterocycles. The Morgan fingerprint density at radius 2 is 1.71 bits per heavy atom. The highest BCUT2D eigenvalue weighted by Gasteiger charge is 2.43. The monoisotopic (exact) mass is 242 g/mol. The van der Waals surface area contributed by atoms with Crippen molar-refractivity contribution in [2.75, 3.05) is 0 Å². The van der Waals surface area contributed by atoms with Crippen molar-refractivity contribution in [1.82, 2.24) is 0 Å². The van der Waals surface area contributed by atoms with Crippen LogP contribution in [0.4, 0.5) is 0 Å². The second-order valence-electron chi connectivity index (χ2n) is 5.01. The van der Waals surface area contributed by atoms with Gasteiger partial charge in [-0.3, -0.25) is 14.4 Å². The Morgan fingerprint density at radius 1 is 1.18 bits per heavy atom. The van der Waals surface area contributed by atoms with E-state index in [1.165, 1.54) is 0 Å². The second-order valence-corrected chi connectivity index (χ2v) is 5.01. The summed E-state index contributed by atoms with van der Waals surface area (Å²) >= 11 is 0. The van der Waals surface area contributed by atoms with Gasteiger partial charge in [-0.05, 0) is 24.2 Å². The molecule has 1 rings (SSSR count). The van der Waals surface area contributed by atoms with Gasteiger partial charge in [0.25, 0.3) is 0 Å². The molecule has 0 amide bonds. The van der Waals surface area contributed by atoms with Crippen molar-refractivity contribution < 1.29 is 24.6 Å².